The van der Waals surface area contributed by atoms with E-state index in [9.17, 15) is 0 Å². The Bertz CT molecular complexity index is 547. The van der Waals surface area contributed by atoms with Gasteiger partial charge >= 0.3 is 0 Å². The van der Waals surface area contributed by atoms with E-state index in [0.29, 0.717) is 6.61 Å². The molecule has 0 aliphatic rings. The number of nitrogens with one attached hydrogen (secondary N) is 1. The van der Waals surface area contributed by atoms with Crippen molar-refractivity contribution in [3.05, 3.63) is 65.2 Å². The summed E-state index contributed by atoms with van der Waals surface area (Å²) in [6.07, 6.45) is 1.77. The minimum absolute atomic E-state index is 0.589. The van der Waals surface area contributed by atoms with E-state index in [-0.39, 0.29) is 0 Å². The average molecular weight is 254 g/mol. The van der Waals surface area contributed by atoms with E-state index in [0.717, 1.165) is 11.3 Å². The average Bonchev–Trinajstić information content (AvgIpc) is 2.44. The van der Waals surface area contributed by atoms with E-state index in [4.69, 9.17) is 4.74 Å². The number of hydrogen-bond donors (Lipinski definition) is 1. The Balaban J connectivity index is 1.94. The lowest BCUT2D eigenvalue weighted by Crippen LogP contribution is -1.97. The van der Waals surface area contributed by atoms with Crippen molar-refractivity contribution in [2.75, 3.05) is 7.05 Å². The molecular formula is C16H18N2O. The zero-order chi connectivity index (χ0) is 13.5. The molecule has 0 fully saturated rings. The number of aryl methyl sites for hydroxylation is 1. The predicted molar refractivity (Wildman–Crippen MR) is 78.6 cm³/mol. The van der Waals surface area contributed by atoms with Gasteiger partial charge in [0.05, 0.1) is 6.21 Å². The maximum atomic E-state index is 5.75. The number of rotatable bonds is 5. The number of ether oxygens (including phenoxy) is 1. The molecule has 0 radical (unpaired) electrons. The lowest BCUT2D eigenvalue weighted by atomic mass is 10.1. The topological polar surface area (TPSA) is 33.6 Å². The minimum atomic E-state index is 0.589. The van der Waals surface area contributed by atoms with Crippen LogP contribution in [0.3, 0.4) is 0 Å². The van der Waals surface area contributed by atoms with Crippen LogP contribution in [0.2, 0.25) is 0 Å². The van der Waals surface area contributed by atoms with E-state index in [1.165, 1.54) is 11.1 Å². The Kier molecular flexibility index (Phi) is 4.56. The van der Waals surface area contributed by atoms with Gasteiger partial charge in [0.1, 0.15) is 12.4 Å². The molecule has 0 atom stereocenters. The first-order valence-electron chi connectivity index (χ1n) is 6.26. The van der Waals surface area contributed by atoms with Gasteiger partial charge in [0.15, 0.2) is 0 Å². The molecule has 0 aliphatic heterocycles. The van der Waals surface area contributed by atoms with Gasteiger partial charge in [-0.15, -0.1) is 0 Å². The van der Waals surface area contributed by atoms with Crippen LogP contribution in [0.25, 0.3) is 0 Å². The van der Waals surface area contributed by atoms with Gasteiger partial charge in [0, 0.05) is 7.05 Å². The maximum Gasteiger partial charge on any atom is 0.119 e. The summed E-state index contributed by atoms with van der Waals surface area (Å²) in [7, 11) is 1.77. The molecule has 0 heterocycles. The monoisotopic (exact) mass is 254 g/mol. The van der Waals surface area contributed by atoms with E-state index >= 15 is 0 Å². The lowest BCUT2D eigenvalue weighted by molar-refractivity contribution is 0.306. The number of hydrogen-bond acceptors (Lipinski definition) is 3. The summed E-state index contributed by atoms with van der Waals surface area (Å²) in [6.45, 7) is 2.67. The van der Waals surface area contributed by atoms with Crippen molar-refractivity contribution in [2.24, 2.45) is 5.10 Å². The third-order valence-corrected chi connectivity index (χ3v) is 2.71. The van der Waals surface area contributed by atoms with Gasteiger partial charge in [0.25, 0.3) is 0 Å². The van der Waals surface area contributed by atoms with Crippen LogP contribution in [-0.4, -0.2) is 13.3 Å². The van der Waals surface area contributed by atoms with E-state index in [1.54, 1.807) is 13.3 Å². The Morgan fingerprint density at radius 1 is 1.16 bits per heavy atom. The maximum absolute atomic E-state index is 5.75. The predicted octanol–water partition coefficient (Wildman–Crippen LogP) is 3.13. The van der Waals surface area contributed by atoms with Crippen molar-refractivity contribution in [3.8, 4) is 5.75 Å². The van der Waals surface area contributed by atoms with Crippen molar-refractivity contribution in [2.45, 2.75) is 13.5 Å². The van der Waals surface area contributed by atoms with Crippen LogP contribution in [0.1, 0.15) is 16.7 Å². The van der Waals surface area contributed by atoms with Gasteiger partial charge in [-0.1, -0.05) is 29.8 Å². The number of hydrazone groups is 1. The molecule has 2 aromatic carbocycles. The third-order valence-electron chi connectivity index (χ3n) is 2.71. The van der Waals surface area contributed by atoms with Crippen LogP contribution in [0.4, 0.5) is 0 Å². The number of benzene rings is 2. The van der Waals surface area contributed by atoms with E-state index < -0.39 is 0 Å². The summed E-state index contributed by atoms with van der Waals surface area (Å²) < 4.78 is 5.75. The molecule has 0 bridgehead atoms. The fourth-order valence-corrected chi connectivity index (χ4v) is 1.76. The van der Waals surface area contributed by atoms with Gasteiger partial charge in [-0.2, -0.15) is 5.10 Å². The minimum Gasteiger partial charge on any atom is -0.489 e. The molecule has 3 heteroatoms. The van der Waals surface area contributed by atoms with E-state index in [2.05, 4.69) is 35.7 Å². The second-order valence-electron chi connectivity index (χ2n) is 4.33. The lowest BCUT2D eigenvalue weighted by Gasteiger charge is -2.07. The van der Waals surface area contributed by atoms with Crippen molar-refractivity contribution in [1.29, 1.82) is 0 Å². The van der Waals surface area contributed by atoms with Crippen molar-refractivity contribution in [1.82, 2.24) is 5.43 Å². The molecular weight excluding hydrogens is 236 g/mol. The van der Waals surface area contributed by atoms with Crippen LogP contribution in [-0.2, 0) is 6.61 Å². The Labute approximate surface area is 113 Å². The first kappa shape index (κ1) is 13.1. The van der Waals surface area contributed by atoms with Gasteiger partial charge in [-0.25, -0.2) is 0 Å². The van der Waals surface area contributed by atoms with E-state index in [1.807, 2.05) is 30.3 Å². The molecule has 0 saturated heterocycles. The summed E-state index contributed by atoms with van der Waals surface area (Å²) >= 11 is 0. The molecule has 0 amide bonds. The molecule has 19 heavy (non-hydrogen) atoms. The molecule has 0 aliphatic carbocycles. The highest BCUT2D eigenvalue weighted by atomic mass is 16.5. The van der Waals surface area contributed by atoms with Gasteiger partial charge in [0.2, 0.25) is 0 Å². The summed E-state index contributed by atoms with van der Waals surface area (Å²) in [5.74, 6) is 0.864. The Hall–Kier alpha value is -2.29. The Morgan fingerprint density at radius 3 is 2.63 bits per heavy atom. The third kappa shape index (κ3) is 4.14. The van der Waals surface area contributed by atoms with Crippen LogP contribution < -0.4 is 10.2 Å². The molecule has 0 spiro atoms. The zero-order valence-corrected chi connectivity index (χ0v) is 11.3. The highest BCUT2D eigenvalue weighted by molar-refractivity contribution is 5.79. The number of nitrogens with zero attached hydrogens (tertiary/aromatic N) is 1. The zero-order valence-electron chi connectivity index (χ0n) is 11.3. The van der Waals surface area contributed by atoms with Gasteiger partial charge in [-0.05, 0) is 42.3 Å². The van der Waals surface area contributed by atoms with Crippen molar-refractivity contribution in [3.63, 3.8) is 0 Å². The molecule has 3 nitrogen and oxygen atoms in total. The van der Waals surface area contributed by atoms with Crippen LogP contribution in [0.15, 0.2) is 53.6 Å². The normalized spacial score (nSPS) is 10.6. The summed E-state index contributed by atoms with van der Waals surface area (Å²) in [6, 6.07) is 16.2. The van der Waals surface area contributed by atoms with Crippen LogP contribution >= 0.6 is 0 Å². The Morgan fingerprint density at radius 2 is 1.95 bits per heavy atom. The first-order chi connectivity index (χ1) is 9.28. The molecule has 2 aromatic rings. The van der Waals surface area contributed by atoms with Crippen molar-refractivity contribution >= 4 is 6.21 Å². The fourth-order valence-electron chi connectivity index (χ4n) is 1.76. The molecule has 98 valence electrons. The SMILES string of the molecule is CN/N=C/c1ccc(OCc2cccc(C)c2)cc1. The van der Waals surface area contributed by atoms with Crippen LogP contribution in [0.5, 0.6) is 5.75 Å². The van der Waals surface area contributed by atoms with Gasteiger partial charge < -0.3 is 10.2 Å². The smallest absolute Gasteiger partial charge is 0.119 e. The quantitative estimate of drug-likeness (QED) is 0.657. The standard InChI is InChI=1S/C16H18N2O/c1-13-4-3-5-15(10-13)12-19-16-8-6-14(7-9-16)11-18-17-2/h3-11,17H,12H2,1-2H3/b18-11+. The fraction of sp³-hybridized carbons (Fsp3) is 0.188. The molecule has 2 rings (SSSR count). The molecule has 1 N–H and O–H groups in total. The largest absolute Gasteiger partial charge is 0.489 e. The molecule has 0 unspecified atom stereocenters. The highest BCUT2D eigenvalue weighted by Gasteiger charge is 1.96. The van der Waals surface area contributed by atoms with Gasteiger partial charge in [-0.3, -0.25) is 0 Å². The second kappa shape index (κ2) is 6.59. The second-order valence-corrected chi connectivity index (χ2v) is 4.33. The van der Waals surface area contributed by atoms with Crippen LogP contribution in [0, 0.1) is 6.92 Å². The summed E-state index contributed by atoms with van der Waals surface area (Å²) in [5, 5.41) is 3.96. The molecule has 0 saturated carbocycles. The summed E-state index contributed by atoms with van der Waals surface area (Å²) in [5.41, 5.74) is 6.19. The first-order valence-corrected chi connectivity index (χ1v) is 6.26. The summed E-state index contributed by atoms with van der Waals surface area (Å²) in [4.78, 5) is 0. The van der Waals surface area contributed by atoms with Crippen molar-refractivity contribution < 1.29 is 4.74 Å². The molecule has 0 aromatic heterocycles. The highest BCUT2D eigenvalue weighted by Crippen LogP contribution is 2.14.